The van der Waals surface area contributed by atoms with Crippen molar-refractivity contribution in [3.63, 3.8) is 0 Å². The van der Waals surface area contributed by atoms with E-state index in [1.165, 1.54) is 0 Å². The molecule has 6 heteroatoms. The van der Waals surface area contributed by atoms with Gasteiger partial charge in [-0.15, -0.1) is 10.2 Å². The molecule has 0 spiro atoms. The van der Waals surface area contributed by atoms with Crippen molar-refractivity contribution in [2.45, 2.75) is 25.8 Å². The Kier molecular flexibility index (Phi) is 4.48. The average Bonchev–Trinajstić information content (AvgIpc) is 2.52. The standard InChI is InChI=1S/C17H17N5O/c18-10-15-7-8-16(22-21-15)19-11-12-3-1-6-14(9-12)20-17(23)13-4-2-5-13/h1,3,6-9,13H,2,4-5,11H2,(H,19,22)(H,20,23). The van der Waals surface area contributed by atoms with Crippen molar-refractivity contribution in [1.29, 1.82) is 5.26 Å². The first-order chi connectivity index (χ1) is 11.2. The normalized spacial score (nSPS) is 13.7. The van der Waals surface area contributed by atoms with Gasteiger partial charge in [0, 0.05) is 18.2 Å². The number of nitriles is 1. The molecule has 0 atom stereocenters. The summed E-state index contributed by atoms with van der Waals surface area (Å²) in [6, 6.07) is 13.0. The number of carbonyl (C=O) groups is 1. The van der Waals surface area contributed by atoms with Gasteiger partial charge in [0.2, 0.25) is 5.91 Å². The van der Waals surface area contributed by atoms with Crippen LogP contribution in [0.4, 0.5) is 11.5 Å². The lowest BCUT2D eigenvalue weighted by molar-refractivity contribution is -0.122. The Labute approximate surface area is 134 Å². The van der Waals surface area contributed by atoms with Crippen molar-refractivity contribution in [1.82, 2.24) is 10.2 Å². The van der Waals surface area contributed by atoms with Crippen LogP contribution in [0.5, 0.6) is 0 Å². The van der Waals surface area contributed by atoms with E-state index >= 15 is 0 Å². The predicted molar refractivity (Wildman–Crippen MR) is 86.5 cm³/mol. The number of hydrogen-bond donors (Lipinski definition) is 2. The number of hydrogen-bond acceptors (Lipinski definition) is 5. The molecule has 116 valence electrons. The lowest BCUT2D eigenvalue weighted by atomic mass is 9.85. The quantitative estimate of drug-likeness (QED) is 0.886. The van der Waals surface area contributed by atoms with Gasteiger partial charge in [-0.2, -0.15) is 5.26 Å². The fraction of sp³-hybridized carbons (Fsp3) is 0.294. The summed E-state index contributed by atoms with van der Waals surface area (Å²) in [4.78, 5) is 12.0. The molecule has 2 N–H and O–H groups in total. The Bertz CT molecular complexity index is 731. The molecule has 1 amide bonds. The number of benzene rings is 1. The molecule has 6 nitrogen and oxygen atoms in total. The Morgan fingerprint density at radius 3 is 2.78 bits per heavy atom. The van der Waals surface area contributed by atoms with Gasteiger partial charge in [-0.05, 0) is 42.7 Å². The van der Waals surface area contributed by atoms with Gasteiger partial charge in [0.1, 0.15) is 11.9 Å². The summed E-state index contributed by atoms with van der Waals surface area (Å²) < 4.78 is 0. The molecular formula is C17H17N5O. The molecule has 1 heterocycles. The number of nitrogens with one attached hydrogen (secondary N) is 2. The van der Waals surface area contributed by atoms with Crippen molar-refractivity contribution in [3.8, 4) is 6.07 Å². The van der Waals surface area contributed by atoms with E-state index in [9.17, 15) is 4.79 Å². The third-order valence-electron chi connectivity index (χ3n) is 3.92. The lowest BCUT2D eigenvalue weighted by Gasteiger charge is -2.24. The van der Waals surface area contributed by atoms with Gasteiger partial charge in [0.25, 0.3) is 0 Å². The molecule has 1 aliphatic carbocycles. The highest BCUT2D eigenvalue weighted by molar-refractivity contribution is 5.93. The van der Waals surface area contributed by atoms with Crippen molar-refractivity contribution >= 4 is 17.4 Å². The monoisotopic (exact) mass is 307 g/mol. The second-order valence-electron chi connectivity index (χ2n) is 5.59. The van der Waals surface area contributed by atoms with E-state index in [1.807, 2.05) is 30.3 Å². The molecule has 2 aromatic rings. The van der Waals surface area contributed by atoms with Crippen molar-refractivity contribution in [2.75, 3.05) is 10.6 Å². The van der Waals surface area contributed by atoms with Crippen LogP contribution in [0.15, 0.2) is 36.4 Å². The zero-order chi connectivity index (χ0) is 16.1. The van der Waals surface area contributed by atoms with Crippen LogP contribution in [-0.2, 0) is 11.3 Å². The minimum Gasteiger partial charge on any atom is -0.365 e. The van der Waals surface area contributed by atoms with Crippen molar-refractivity contribution in [3.05, 3.63) is 47.7 Å². The molecule has 1 aromatic carbocycles. The summed E-state index contributed by atoms with van der Waals surface area (Å²) >= 11 is 0. The van der Waals surface area contributed by atoms with E-state index < -0.39 is 0 Å². The molecule has 1 aromatic heterocycles. The molecule has 0 unspecified atom stereocenters. The van der Waals surface area contributed by atoms with Crippen LogP contribution in [0, 0.1) is 17.2 Å². The van der Waals surface area contributed by atoms with Crippen molar-refractivity contribution < 1.29 is 4.79 Å². The molecule has 1 fully saturated rings. The largest absolute Gasteiger partial charge is 0.365 e. The molecule has 3 rings (SSSR count). The number of nitrogens with zero attached hydrogens (tertiary/aromatic N) is 3. The van der Waals surface area contributed by atoms with Crippen LogP contribution in [-0.4, -0.2) is 16.1 Å². The van der Waals surface area contributed by atoms with Crippen molar-refractivity contribution in [2.24, 2.45) is 5.92 Å². The first-order valence-corrected chi connectivity index (χ1v) is 7.62. The number of carbonyl (C=O) groups excluding carboxylic acids is 1. The summed E-state index contributed by atoms with van der Waals surface area (Å²) in [5.74, 6) is 0.887. The minimum atomic E-state index is 0.110. The topological polar surface area (TPSA) is 90.7 Å². The van der Waals surface area contributed by atoms with Crippen LogP contribution in [0.1, 0.15) is 30.5 Å². The van der Waals surface area contributed by atoms with E-state index in [0.29, 0.717) is 12.4 Å². The molecule has 23 heavy (non-hydrogen) atoms. The zero-order valence-corrected chi connectivity index (χ0v) is 12.6. The molecule has 1 aliphatic rings. The average molecular weight is 307 g/mol. The van der Waals surface area contributed by atoms with Gasteiger partial charge >= 0.3 is 0 Å². The number of rotatable bonds is 5. The summed E-state index contributed by atoms with van der Waals surface area (Å²) in [5, 5.41) is 22.5. The van der Waals surface area contributed by atoms with E-state index in [1.54, 1.807) is 12.1 Å². The maximum absolute atomic E-state index is 12.0. The van der Waals surface area contributed by atoms with Gasteiger partial charge < -0.3 is 10.6 Å². The number of aromatic nitrogens is 2. The van der Waals surface area contributed by atoms with Crippen LogP contribution < -0.4 is 10.6 Å². The molecular weight excluding hydrogens is 290 g/mol. The summed E-state index contributed by atoms with van der Waals surface area (Å²) in [5.41, 5.74) is 2.13. The Morgan fingerprint density at radius 1 is 1.26 bits per heavy atom. The minimum absolute atomic E-state index is 0.110. The SMILES string of the molecule is N#Cc1ccc(NCc2cccc(NC(=O)C3CCC3)c2)nn1. The van der Waals surface area contributed by atoms with Gasteiger partial charge in [-0.1, -0.05) is 18.6 Å². The highest BCUT2D eigenvalue weighted by atomic mass is 16.1. The van der Waals surface area contributed by atoms with E-state index in [-0.39, 0.29) is 17.5 Å². The van der Waals surface area contributed by atoms with Crippen LogP contribution in [0.25, 0.3) is 0 Å². The first kappa shape index (κ1) is 15.0. The maximum Gasteiger partial charge on any atom is 0.227 e. The smallest absolute Gasteiger partial charge is 0.227 e. The Morgan fingerprint density at radius 2 is 2.13 bits per heavy atom. The van der Waals surface area contributed by atoms with E-state index in [4.69, 9.17) is 5.26 Å². The summed E-state index contributed by atoms with van der Waals surface area (Å²) in [7, 11) is 0. The second-order valence-corrected chi connectivity index (χ2v) is 5.59. The third-order valence-corrected chi connectivity index (χ3v) is 3.92. The third kappa shape index (κ3) is 3.83. The van der Waals surface area contributed by atoms with Crippen LogP contribution >= 0.6 is 0 Å². The molecule has 0 saturated heterocycles. The van der Waals surface area contributed by atoms with Crippen LogP contribution in [0.2, 0.25) is 0 Å². The molecule has 0 bridgehead atoms. The molecule has 0 aliphatic heterocycles. The lowest BCUT2D eigenvalue weighted by Crippen LogP contribution is -2.28. The molecule has 1 saturated carbocycles. The number of amides is 1. The highest BCUT2D eigenvalue weighted by Gasteiger charge is 2.25. The summed E-state index contributed by atoms with van der Waals surface area (Å²) in [6.07, 6.45) is 3.13. The van der Waals surface area contributed by atoms with E-state index in [2.05, 4.69) is 20.8 Å². The molecule has 0 radical (unpaired) electrons. The fourth-order valence-corrected chi connectivity index (χ4v) is 2.35. The Hall–Kier alpha value is -2.94. The fourth-order valence-electron chi connectivity index (χ4n) is 2.35. The number of anilines is 2. The maximum atomic E-state index is 12.0. The van der Waals surface area contributed by atoms with Gasteiger partial charge in [0.15, 0.2) is 5.69 Å². The van der Waals surface area contributed by atoms with Gasteiger partial charge in [-0.25, -0.2) is 0 Å². The van der Waals surface area contributed by atoms with E-state index in [0.717, 1.165) is 30.5 Å². The zero-order valence-electron chi connectivity index (χ0n) is 12.6. The van der Waals surface area contributed by atoms with Gasteiger partial charge in [-0.3, -0.25) is 4.79 Å². The Balaban J connectivity index is 1.58. The second kappa shape index (κ2) is 6.88. The van der Waals surface area contributed by atoms with Gasteiger partial charge in [0.05, 0.1) is 0 Å². The summed E-state index contributed by atoms with van der Waals surface area (Å²) in [6.45, 7) is 0.563. The first-order valence-electron chi connectivity index (χ1n) is 7.62. The highest BCUT2D eigenvalue weighted by Crippen LogP contribution is 2.27. The van der Waals surface area contributed by atoms with Crippen LogP contribution in [0.3, 0.4) is 0 Å². The predicted octanol–water partition coefficient (Wildman–Crippen LogP) is 2.70.